The number of nitrogens with two attached hydrogens (primary N) is 1. The number of hydrogen-bond acceptors (Lipinski definition) is 7. The van der Waals surface area contributed by atoms with Gasteiger partial charge in [0, 0.05) is 19.5 Å². The summed E-state index contributed by atoms with van der Waals surface area (Å²) >= 11 is 0. The van der Waals surface area contributed by atoms with Gasteiger partial charge in [0.15, 0.2) is 0 Å². The van der Waals surface area contributed by atoms with Gasteiger partial charge in [-0.3, -0.25) is 33.6 Å². The Morgan fingerprint density at radius 1 is 0.691 bits per heavy atom. The molecule has 0 aromatic rings. The van der Waals surface area contributed by atoms with Crippen LogP contribution < -0.4 is 27.0 Å². The van der Waals surface area contributed by atoms with Crippen molar-refractivity contribution in [2.75, 3.05) is 32.7 Å². The van der Waals surface area contributed by atoms with Crippen molar-refractivity contribution in [1.82, 2.24) is 31.1 Å². The first-order chi connectivity index (χ1) is 26.1. The normalized spacial score (nSPS) is 15.2. The molecule has 55 heavy (non-hydrogen) atoms. The minimum absolute atomic E-state index is 0.000470. The van der Waals surface area contributed by atoms with E-state index in [0.29, 0.717) is 25.8 Å². The summed E-state index contributed by atoms with van der Waals surface area (Å²) in [6.45, 7) is 12.8. The number of carbonyl (C=O) groups excluding carboxylic acids is 7. The molecule has 3 atom stereocenters. The van der Waals surface area contributed by atoms with Crippen LogP contribution in [0, 0.1) is 17.8 Å². The summed E-state index contributed by atoms with van der Waals surface area (Å²) in [6.07, 6.45) is 17.1. The zero-order chi connectivity index (χ0) is 41.3. The second kappa shape index (κ2) is 27.8. The van der Waals surface area contributed by atoms with Gasteiger partial charge in [0.1, 0.15) is 18.1 Å². The Morgan fingerprint density at radius 3 is 1.73 bits per heavy atom. The van der Waals surface area contributed by atoms with E-state index < -0.39 is 60.1 Å². The summed E-state index contributed by atoms with van der Waals surface area (Å²) < 4.78 is 0. The predicted molar refractivity (Wildman–Crippen MR) is 215 cm³/mol. The Bertz CT molecular complexity index is 1210. The highest BCUT2D eigenvalue weighted by Gasteiger charge is 2.37. The van der Waals surface area contributed by atoms with Crippen LogP contribution in [0.1, 0.15) is 151 Å². The fraction of sp³-hybridized carbons (Fsp3) is 0.829. The lowest BCUT2D eigenvalue weighted by Gasteiger charge is -2.33. The van der Waals surface area contributed by atoms with Crippen molar-refractivity contribution in [2.45, 2.75) is 169 Å². The van der Waals surface area contributed by atoms with Crippen LogP contribution in [-0.2, 0) is 33.6 Å². The van der Waals surface area contributed by atoms with E-state index in [-0.39, 0.29) is 43.3 Å². The molecule has 0 aliphatic carbocycles. The Labute approximate surface area is 331 Å². The minimum Gasteiger partial charge on any atom is -0.368 e. The molecular weight excluding hydrogens is 702 g/mol. The van der Waals surface area contributed by atoms with E-state index in [1.807, 2.05) is 27.7 Å². The maximum absolute atomic E-state index is 13.9. The van der Waals surface area contributed by atoms with Crippen LogP contribution in [-0.4, -0.2) is 102 Å². The molecule has 1 aliphatic rings. The fourth-order valence-electron chi connectivity index (χ4n) is 6.85. The van der Waals surface area contributed by atoms with Gasteiger partial charge in [-0.1, -0.05) is 126 Å². The van der Waals surface area contributed by atoms with E-state index in [1.165, 1.54) is 74.0 Å². The minimum atomic E-state index is -0.981. The molecule has 1 heterocycles. The number of unbranched alkanes of at least 4 members (excludes halogenated alkanes) is 12. The van der Waals surface area contributed by atoms with Gasteiger partial charge in [-0.2, -0.15) is 0 Å². The third kappa shape index (κ3) is 20.7. The molecule has 0 saturated carbocycles. The Kier molecular flexibility index (Phi) is 24.9. The van der Waals surface area contributed by atoms with Gasteiger partial charge in [0.2, 0.25) is 41.4 Å². The van der Waals surface area contributed by atoms with Crippen LogP contribution in [0.25, 0.3) is 0 Å². The van der Waals surface area contributed by atoms with Gasteiger partial charge < -0.3 is 36.8 Å². The number of primary amides is 1. The summed E-state index contributed by atoms with van der Waals surface area (Å²) in [6, 6.07) is -2.57. The zero-order valence-electron chi connectivity index (χ0n) is 35.1. The van der Waals surface area contributed by atoms with E-state index >= 15 is 0 Å². The highest BCUT2D eigenvalue weighted by Crippen LogP contribution is 2.19. The van der Waals surface area contributed by atoms with Gasteiger partial charge in [0.05, 0.1) is 19.6 Å². The SMILES string of the molecule is CCCCCCCCCCCCCCCC(=O)NC(C(=O)NCC(=O)NC(C(=O)N(CC(=O)N1CCCC1C(=O)NCC(N)=O)CC(C)C)C(C)C)C(C)C. The smallest absolute Gasteiger partial charge is 0.245 e. The van der Waals surface area contributed by atoms with E-state index in [4.69, 9.17) is 5.73 Å². The molecule has 316 valence electrons. The first-order valence-corrected chi connectivity index (χ1v) is 21.1. The van der Waals surface area contributed by atoms with Crippen molar-refractivity contribution in [2.24, 2.45) is 23.5 Å². The molecule has 14 heteroatoms. The molecule has 0 bridgehead atoms. The largest absolute Gasteiger partial charge is 0.368 e. The van der Waals surface area contributed by atoms with Crippen LogP contribution in [0.5, 0.6) is 0 Å². The lowest BCUT2D eigenvalue weighted by molar-refractivity contribution is -0.146. The second-order valence-corrected chi connectivity index (χ2v) is 16.3. The fourth-order valence-corrected chi connectivity index (χ4v) is 6.85. The third-order valence-corrected chi connectivity index (χ3v) is 9.98. The van der Waals surface area contributed by atoms with Crippen molar-refractivity contribution in [1.29, 1.82) is 0 Å². The monoisotopic (exact) mass is 778 g/mol. The van der Waals surface area contributed by atoms with Gasteiger partial charge in [-0.25, -0.2) is 0 Å². The lowest BCUT2D eigenvalue weighted by atomic mass is 10.0. The number of nitrogens with zero attached hydrogens (tertiary/aromatic N) is 2. The van der Waals surface area contributed by atoms with Crippen LogP contribution in [0.15, 0.2) is 0 Å². The third-order valence-electron chi connectivity index (χ3n) is 9.98. The molecular formula is C41H75N7O7. The molecule has 7 amide bonds. The maximum Gasteiger partial charge on any atom is 0.245 e. The molecule has 1 fully saturated rings. The summed E-state index contributed by atoms with van der Waals surface area (Å²) in [7, 11) is 0. The maximum atomic E-state index is 13.9. The molecule has 14 nitrogen and oxygen atoms in total. The summed E-state index contributed by atoms with van der Waals surface area (Å²) in [5.41, 5.74) is 5.14. The number of rotatable bonds is 29. The number of nitrogens with one attached hydrogen (secondary N) is 4. The number of likely N-dealkylation sites (tertiary alicyclic amines) is 1. The Morgan fingerprint density at radius 2 is 1.22 bits per heavy atom. The molecule has 1 aliphatic heterocycles. The van der Waals surface area contributed by atoms with Crippen molar-refractivity contribution in [3.63, 3.8) is 0 Å². The standard InChI is InChI=1S/C41H75N7O7/c1-8-9-10-11-12-13-14-15-16-17-18-19-20-23-34(50)45-37(30(4)5)40(54)44-26-35(51)46-38(31(6)7)41(55)47(27-29(2)3)28-36(52)48-24-21-22-32(48)39(53)43-25-33(42)49/h29-32,37-38H,8-28H2,1-7H3,(H2,42,49)(H,43,53)(H,44,54)(H,45,50)(H,46,51). The van der Waals surface area contributed by atoms with Crippen LogP contribution >= 0.6 is 0 Å². The average Bonchev–Trinajstić information content (AvgIpc) is 3.62. The second-order valence-electron chi connectivity index (χ2n) is 16.3. The molecule has 1 rings (SSSR count). The van der Waals surface area contributed by atoms with Gasteiger partial charge >= 0.3 is 0 Å². The predicted octanol–water partition coefficient (Wildman–Crippen LogP) is 3.94. The first-order valence-electron chi connectivity index (χ1n) is 21.1. The molecule has 3 unspecified atom stereocenters. The average molecular weight is 778 g/mol. The van der Waals surface area contributed by atoms with Gasteiger partial charge in [-0.15, -0.1) is 0 Å². The molecule has 0 aromatic heterocycles. The van der Waals surface area contributed by atoms with E-state index in [1.54, 1.807) is 13.8 Å². The lowest BCUT2D eigenvalue weighted by Crippen LogP contribution is -2.57. The van der Waals surface area contributed by atoms with Crippen molar-refractivity contribution in [3.8, 4) is 0 Å². The number of carbonyl (C=O) groups is 7. The molecule has 1 saturated heterocycles. The van der Waals surface area contributed by atoms with Crippen LogP contribution in [0.2, 0.25) is 0 Å². The first kappa shape index (κ1) is 49.3. The van der Waals surface area contributed by atoms with Crippen LogP contribution in [0.4, 0.5) is 0 Å². The summed E-state index contributed by atoms with van der Waals surface area (Å²) in [5, 5.41) is 10.6. The van der Waals surface area contributed by atoms with Crippen LogP contribution in [0.3, 0.4) is 0 Å². The zero-order valence-corrected chi connectivity index (χ0v) is 35.1. The quantitative estimate of drug-likeness (QED) is 0.0709. The molecule has 0 radical (unpaired) electrons. The van der Waals surface area contributed by atoms with Crippen molar-refractivity contribution in [3.05, 3.63) is 0 Å². The van der Waals surface area contributed by atoms with Gasteiger partial charge in [-0.05, 0) is 37.0 Å². The molecule has 0 spiro atoms. The van der Waals surface area contributed by atoms with E-state index in [2.05, 4.69) is 28.2 Å². The number of amides is 7. The summed E-state index contributed by atoms with van der Waals surface area (Å²) in [4.78, 5) is 92.9. The Hall–Kier alpha value is -3.71. The van der Waals surface area contributed by atoms with E-state index in [9.17, 15) is 33.6 Å². The number of hydrogen-bond donors (Lipinski definition) is 5. The molecule has 6 N–H and O–H groups in total. The van der Waals surface area contributed by atoms with Crippen molar-refractivity contribution >= 4 is 41.4 Å². The summed E-state index contributed by atoms with van der Waals surface area (Å²) in [5.74, 6) is -3.85. The highest BCUT2D eigenvalue weighted by atomic mass is 16.2. The highest BCUT2D eigenvalue weighted by molar-refractivity contribution is 5.95. The van der Waals surface area contributed by atoms with Gasteiger partial charge in [0.25, 0.3) is 0 Å². The topological polar surface area (TPSA) is 200 Å². The Balaban J connectivity index is 2.63. The van der Waals surface area contributed by atoms with Crippen molar-refractivity contribution < 1.29 is 33.6 Å². The van der Waals surface area contributed by atoms with E-state index in [0.717, 1.165) is 19.3 Å². The molecule has 0 aromatic carbocycles.